The quantitative estimate of drug-likeness (QED) is 0.185. The highest BCUT2D eigenvalue weighted by Gasteiger charge is 2.27. The molecule has 0 aliphatic heterocycles. The van der Waals surface area contributed by atoms with Crippen molar-refractivity contribution in [3.63, 3.8) is 0 Å². The van der Waals surface area contributed by atoms with Gasteiger partial charge in [-0.05, 0) is 19.8 Å². The summed E-state index contributed by atoms with van der Waals surface area (Å²) in [7, 11) is -3.62. The van der Waals surface area contributed by atoms with Gasteiger partial charge in [0.15, 0.2) is 0 Å². The van der Waals surface area contributed by atoms with Crippen LogP contribution in [-0.2, 0) is 27.7 Å². The molecule has 0 radical (unpaired) electrons. The lowest BCUT2D eigenvalue weighted by Gasteiger charge is -2.20. The predicted octanol–water partition coefficient (Wildman–Crippen LogP) is 4.64. The lowest BCUT2D eigenvalue weighted by molar-refractivity contribution is -0.143. The molecule has 1 unspecified atom stereocenters. The number of ether oxygens (including phenoxy) is 1. The number of hydrogen-bond acceptors (Lipinski definition) is 6. The van der Waals surface area contributed by atoms with Crippen molar-refractivity contribution in [1.29, 1.82) is 0 Å². The molecule has 1 atom stereocenters. The Kier molecular flexibility index (Phi) is 13.3. The van der Waals surface area contributed by atoms with Crippen LogP contribution in [0.5, 0.6) is 0 Å². The monoisotopic (exact) mass is 350 g/mol. The van der Waals surface area contributed by atoms with Crippen molar-refractivity contribution in [3.05, 3.63) is 12.7 Å². The zero-order valence-corrected chi connectivity index (χ0v) is 15.5. The molecular weight excluding hydrogens is 319 g/mol. The Hall–Kier alpha value is -0.680. The molecule has 6 nitrogen and oxygen atoms in total. The molecule has 0 saturated heterocycles. The van der Waals surface area contributed by atoms with E-state index in [9.17, 15) is 9.36 Å². The first-order valence-electron chi connectivity index (χ1n) is 8.34. The minimum absolute atomic E-state index is 0.0571. The first-order valence-corrected chi connectivity index (χ1v) is 9.80. The van der Waals surface area contributed by atoms with Crippen molar-refractivity contribution < 1.29 is 27.7 Å². The van der Waals surface area contributed by atoms with Crippen LogP contribution in [0.1, 0.15) is 59.3 Å². The number of phosphoric ester groups is 1. The van der Waals surface area contributed by atoms with Gasteiger partial charge in [-0.1, -0.05) is 46.1 Å². The van der Waals surface area contributed by atoms with Gasteiger partial charge in [0, 0.05) is 6.08 Å². The molecule has 0 amide bonds. The van der Waals surface area contributed by atoms with Crippen LogP contribution in [0.4, 0.5) is 0 Å². The third-order valence-electron chi connectivity index (χ3n) is 2.95. The van der Waals surface area contributed by atoms with Gasteiger partial charge in [-0.25, -0.2) is 9.36 Å². The van der Waals surface area contributed by atoms with Gasteiger partial charge >= 0.3 is 13.8 Å². The van der Waals surface area contributed by atoms with Crippen LogP contribution in [0, 0.1) is 0 Å². The molecule has 0 heterocycles. The average Bonchev–Trinajstić information content (AvgIpc) is 2.54. The van der Waals surface area contributed by atoms with E-state index in [4.69, 9.17) is 18.3 Å². The largest absolute Gasteiger partial charge is 0.474 e. The molecule has 0 aromatic rings. The lowest BCUT2D eigenvalue weighted by atomic mass is 10.3. The maximum atomic E-state index is 12.6. The number of carbonyl (C=O) groups is 1. The summed E-state index contributed by atoms with van der Waals surface area (Å²) in [5.74, 6) is -0.552. The van der Waals surface area contributed by atoms with E-state index in [1.165, 1.54) is 0 Å². The van der Waals surface area contributed by atoms with Crippen molar-refractivity contribution in [2.75, 3.05) is 19.8 Å². The van der Waals surface area contributed by atoms with Crippen molar-refractivity contribution in [2.45, 2.75) is 65.4 Å². The average molecular weight is 350 g/mol. The molecule has 136 valence electrons. The van der Waals surface area contributed by atoms with Crippen molar-refractivity contribution in [3.8, 4) is 0 Å². The highest BCUT2D eigenvalue weighted by Crippen LogP contribution is 2.49. The fourth-order valence-corrected chi connectivity index (χ4v) is 2.97. The van der Waals surface area contributed by atoms with Gasteiger partial charge in [0.2, 0.25) is 0 Å². The Labute approximate surface area is 140 Å². The fraction of sp³-hybridized carbons (Fsp3) is 0.812. The smallest absolute Gasteiger partial charge is 0.457 e. The van der Waals surface area contributed by atoms with Crippen LogP contribution >= 0.6 is 7.82 Å². The van der Waals surface area contributed by atoms with E-state index in [2.05, 4.69) is 20.4 Å². The minimum atomic E-state index is -3.62. The number of carbonyl (C=O) groups excluding carboxylic acids is 1. The molecule has 0 fully saturated rings. The molecule has 0 aliphatic rings. The molecule has 0 aliphatic carbocycles. The van der Waals surface area contributed by atoms with Crippen molar-refractivity contribution in [1.82, 2.24) is 0 Å². The zero-order valence-electron chi connectivity index (χ0n) is 14.6. The first kappa shape index (κ1) is 22.3. The van der Waals surface area contributed by atoms with Gasteiger partial charge in [0.05, 0.1) is 19.8 Å². The molecule has 0 spiro atoms. The number of esters is 1. The SMILES string of the molecule is C=CC(=O)OC(C)COP(=O)(OCCCCC)OCCCCC. The second kappa shape index (κ2) is 13.7. The first-order chi connectivity index (χ1) is 11.0. The molecule has 0 aromatic heterocycles. The number of rotatable bonds is 15. The van der Waals surface area contributed by atoms with Gasteiger partial charge in [-0.3, -0.25) is 13.6 Å². The molecule has 0 aromatic carbocycles. The fourth-order valence-electron chi connectivity index (χ4n) is 1.65. The van der Waals surface area contributed by atoms with Crippen LogP contribution < -0.4 is 0 Å². The van der Waals surface area contributed by atoms with E-state index in [0.717, 1.165) is 44.6 Å². The zero-order chi connectivity index (χ0) is 17.6. The van der Waals surface area contributed by atoms with Crippen LogP contribution in [-0.4, -0.2) is 31.9 Å². The van der Waals surface area contributed by atoms with E-state index >= 15 is 0 Å². The molecule has 23 heavy (non-hydrogen) atoms. The van der Waals surface area contributed by atoms with E-state index < -0.39 is 19.9 Å². The normalized spacial score (nSPS) is 12.8. The molecule has 7 heteroatoms. The van der Waals surface area contributed by atoms with Gasteiger partial charge in [-0.15, -0.1) is 0 Å². The summed E-state index contributed by atoms with van der Waals surface area (Å²) in [6, 6.07) is 0. The van der Waals surface area contributed by atoms with Gasteiger partial charge in [-0.2, -0.15) is 0 Å². The van der Waals surface area contributed by atoms with Crippen LogP contribution in [0.2, 0.25) is 0 Å². The van der Waals surface area contributed by atoms with Crippen LogP contribution in [0.3, 0.4) is 0 Å². The molecule has 0 bridgehead atoms. The maximum absolute atomic E-state index is 12.6. The second-order valence-electron chi connectivity index (χ2n) is 5.28. The molecule has 0 saturated carbocycles. The summed E-state index contributed by atoms with van der Waals surface area (Å²) in [5, 5.41) is 0. The Bertz CT molecular complexity index is 356. The Morgan fingerprint density at radius 1 is 1.04 bits per heavy atom. The molecule has 0 N–H and O–H groups in total. The second-order valence-corrected chi connectivity index (χ2v) is 6.94. The van der Waals surface area contributed by atoms with E-state index in [1.807, 2.05) is 0 Å². The summed E-state index contributed by atoms with van der Waals surface area (Å²) >= 11 is 0. The van der Waals surface area contributed by atoms with Crippen molar-refractivity contribution >= 4 is 13.8 Å². The molecule has 0 rings (SSSR count). The third-order valence-corrected chi connectivity index (χ3v) is 4.41. The summed E-state index contributed by atoms with van der Waals surface area (Å²) in [4.78, 5) is 11.1. The summed E-state index contributed by atoms with van der Waals surface area (Å²) < 4.78 is 33.5. The van der Waals surface area contributed by atoms with Crippen LogP contribution in [0.15, 0.2) is 12.7 Å². The lowest BCUT2D eigenvalue weighted by Crippen LogP contribution is -2.19. The Balaban J connectivity index is 4.35. The molecular formula is C16H31O6P. The van der Waals surface area contributed by atoms with Gasteiger partial charge in [0.1, 0.15) is 6.10 Å². The number of hydrogen-bond donors (Lipinski definition) is 0. The predicted molar refractivity (Wildman–Crippen MR) is 90.3 cm³/mol. The Morgan fingerprint density at radius 3 is 2.00 bits per heavy atom. The highest BCUT2D eigenvalue weighted by molar-refractivity contribution is 7.48. The van der Waals surface area contributed by atoms with Crippen molar-refractivity contribution in [2.24, 2.45) is 0 Å². The third kappa shape index (κ3) is 12.4. The van der Waals surface area contributed by atoms with E-state index in [-0.39, 0.29) is 6.61 Å². The van der Waals surface area contributed by atoms with Crippen LogP contribution in [0.25, 0.3) is 0 Å². The van der Waals surface area contributed by atoms with Gasteiger partial charge < -0.3 is 4.74 Å². The number of phosphoric acid groups is 1. The topological polar surface area (TPSA) is 71.1 Å². The highest BCUT2D eigenvalue weighted by atomic mass is 31.2. The number of unbranched alkanes of at least 4 members (excludes halogenated alkanes) is 4. The van der Waals surface area contributed by atoms with Gasteiger partial charge in [0.25, 0.3) is 0 Å². The van der Waals surface area contributed by atoms with E-state index in [1.54, 1.807) is 6.92 Å². The standard InChI is InChI=1S/C16H31O6P/c1-5-8-10-12-19-23(18,20-13-11-9-6-2)21-14-15(4)22-16(17)7-3/h7,15H,3,5-6,8-14H2,1-2,4H3. The maximum Gasteiger partial charge on any atom is 0.474 e. The minimum Gasteiger partial charge on any atom is -0.457 e. The Morgan fingerprint density at radius 2 is 1.57 bits per heavy atom. The summed E-state index contributed by atoms with van der Waals surface area (Å²) in [6.07, 6.45) is 6.16. The summed E-state index contributed by atoms with van der Waals surface area (Å²) in [6.45, 7) is 9.69. The summed E-state index contributed by atoms with van der Waals surface area (Å²) in [5.41, 5.74) is 0. The van der Waals surface area contributed by atoms with E-state index in [0.29, 0.717) is 13.2 Å².